The standard InChI is InChI=1S/C48H66N6O6/c1-28-39-22-34(48(39,3)4)23-40(28)50-47(58)44-43(29(2)56)42(27-55)60-54(44)25-30-14-13-16-38(45(30)59-10)31-18-32(21-36(20-31)52(7)8)46(57)49-35(26-51(5)6)19-33-24-53(9)41-17-12-11-15-37(33)41/h11-18,20-21,24,28-29,34-35,39-40,42-44,55-56H,19,22-23,25-27H2,1-10H3,(H,49,57)(H,50,58)/t28-,29-,34+,35+,39+,40-,42-,43-,44-/m0/s1. The fourth-order valence-electron chi connectivity index (χ4n) is 10.7. The number of carbonyl (C=O) groups is 2. The number of carbonyl (C=O) groups excluding carboxylic acids is 2. The van der Waals surface area contributed by atoms with Gasteiger partial charge in [-0.2, -0.15) is 5.06 Å². The van der Waals surface area contributed by atoms with E-state index in [2.05, 4.69) is 72.3 Å². The normalized spacial score (nSPS) is 25.8. The number of ether oxygens (including phenoxy) is 1. The van der Waals surface area contributed by atoms with E-state index in [0.29, 0.717) is 42.0 Å². The molecule has 4 N–H and O–H groups in total. The van der Waals surface area contributed by atoms with E-state index in [1.54, 1.807) is 19.1 Å². The summed E-state index contributed by atoms with van der Waals surface area (Å²) in [5, 5.41) is 31.0. The van der Waals surface area contributed by atoms with Gasteiger partial charge >= 0.3 is 0 Å². The fraction of sp³-hybridized carbons (Fsp3) is 0.542. The molecule has 3 saturated carbocycles. The average molecular weight is 823 g/mol. The second kappa shape index (κ2) is 17.5. The molecule has 3 aliphatic carbocycles. The Morgan fingerprint density at radius 2 is 1.78 bits per heavy atom. The number of methoxy groups -OCH3 is 1. The maximum atomic E-state index is 14.4. The van der Waals surface area contributed by atoms with Gasteiger partial charge in [-0.25, -0.2) is 0 Å². The molecule has 8 rings (SSSR count). The fourth-order valence-corrected chi connectivity index (χ4v) is 10.7. The number of likely N-dealkylation sites (N-methyl/N-ethyl adjacent to an activating group) is 1. The summed E-state index contributed by atoms with van der Waals surface area (Å²) in [5.74, 6) is 0.996. The zero-order valence-electron chi connectivity index (χ0n) is 37.1. The van der Waals surface area contributed by atoms with Gasteiger partial charge in [-0.1, -0.05) is 57.2 Å². The first-order valence-electron chi connectivity index (χ1n) is 21.5. The SMILES string of the molecule is COc1c(CN2O[C@@H](CO)[C@H]([C@H](C)O)[C@H]2C(=O)N[C@H]2C[C@H]3C[C@H]([C@@H]2C)C3(C)C)cccc1-c1cc(C(=O)N[C@H](Cc2cn(C)c3ccccc23)CN(C)C)cc(N(C)C)c1. The number of aliphatic hydroxyl groups excluding tert-OH is 2. The molecule has 324 valence electrons. The second-order valence-electron chi connectivity index (χ2n) is 18.8. The van der Waals surface area contributed by atoms with Crippen molar-refractivity contribution in [1.29, 1.82) is 0 Å². The van der Waals surface area contributed by atoms with Crippen LogP contribution in [0.25, 0.3) is 22.0 Å². The van der Waals surface area contributed by atoms with Gasteiger partial charge in [0, 0.05) is 85.2 Å². The molecule has 4 aliphatic rings. The summed E-state index contributed by atoms with van der Waals surface area (Å²) in [4.78, 5) is 39.0. The lowest BCUT2D eigenvalue weighted by Gasteiger charge is -2.62. The van der Waals surface area contributed by atoms with Crippen molar-refractivity contribution < 1.29 is 29.4 Å². The van der Waals surface area contributed by atoms with Crippen molar-refractivity contribution in [1.82, 2.24) is 25.2 Å². The molecule has 2 heterocycles. The lowest BCUT2D eigenvalue weighted by Crippen LogP contribution is -2.62. The van der Waals surface area contributed by atoms with Crippen molar-refractivity contribution in [2.75, 3.05) is 53.4 Å². The molecule has 1 aliphatic heterocycles. The quantitative estimate of drug-likeness (QED) is 0.123. The minimum atomic E-state index is -0.907. The Balaban J connectivity index is 1.16. The van der Waals surface area contributed by atoms with E-state index in [1.807, 2.05) is 75.6 Å². The number of nitrogens with zero attached hydrogens (tertiary/aromatic N) is 4. The Kier molecular flexibility index (Phi) is 12.7. The van der Waals surface area contributed by atoms with Crippen LogP contribution in [0.3, 0.4) is 0 Å². The largest absolute Gasteiger partial charge is 0.496 e. The van der Waals surface area contributed by atoms with Crippen LogP contribution >= 0.6 is 0 Å². The molecule has 12 heteroatoms. The van der Waals surface area contributed by atoms with E-state index in [0.717, 1.165) is 34.3 Å². The first kappa shape index (κ1) is 43.6. The number of anilines is 1. The maximum Gasteiger partial charge on any atom is 0.251 e. The van der Waals surface area contributed by atoms with Gasteiger partial charge in [-0.05, 0) is 98.8 Å². The molecule has 0 unspecified atom stereocenters. The number of aryl methyl sites for hydroxylation is 1. The molecule has 9 atom stereocenters. The van der Waals surface area contributed by atoms with Crippen LogP contribution in [-0.2, 0) is 29.6 Å². The summed E-state index contributed by atoms with van der Waals surface area (Å²) in [5.41, 5.74) is 6.31. The van der Waals surface area contributed by atoms with E-state index in [4.69, 9.17) is 9.57 Å². The number of rotatable bonds is 15. The van der Waals surface area contributed by atoms with Crippen molar-refractivity contribution in [3.05, 3.63) is 83.6 Å². The molecule has 2 amide bonds. The van der Waals surface area contributed by atoms with Crippen LogP contribution in [0, 0.1) is 29.1 Å². The van der Waals surface area contributed by atoms with Gasteiger partial charge in [-0.3, -0.25) is 14.4 Å². The molecular formula is C48H66N6O6. The van der Waals surface area contributed by atoms with Gasteiger partial charge in [0.05, 0.1) is 26.4 Å². The van der Waals surface area contributed by atoms with Crippen LogP contribution in [0.4, 0.5) is 5.69 Å². The van der Waals surface area contributed by atoms with Crippen LogP contribution < -0.4 is 20.3 Å². The minimum Gasteiger partial charge on any atom is -0.496 e. The van der Waals surface area contributed by atoms with Gasteiger partial charge in [0.25, 0.3) is 5.91 Å². The predicted molar refractivity (Wildman–Crippen MR) is 237 cm³/mol. The highest BCUT2D eigenvalue weighted by Gasteiger charge is 2.57. The van der Waals surface area contributed by atoms with Gasteiger partial charge in [0.1, 0.15) is 17.9 Å². The number of para-hydroxylation sites is 2. The number of fused-ring (bicyclic) bond motifs is 3. The maximum absolute atomic E-state index is 14.4. The van der Waals surface area contributed by atoms with E-state index in [9.17, 15) is 19.8 Å². The van der Waals surface area contributed by atoms with Gasteiger partial charge in [0.15, 0.2) is 0 Å². The Morgan fingerprint density at radius 1 is 1.03 bits per heavy atom. The Hall–Kier alpha value is -4.46. The first-order valence-corrected chi connectivity index (χ1v) is 21.5. The average Bonchev–Trinajstić information content (AvgIpc) is 3.74. The first-order chi connectivity index (χ1) is 28.5. The molecule has 60 heavy (non-hydrogen) atoms. The molecular weight excluding hydrogens is 757 g/mol. The number of hydrogen-bond donors (Lipinski definition) is 4. The summed E-state index contributed by atoms with van der Waals surface area (Å²) in [6, 6.07) is 19.1. The molecule has 2 bridgehead atoms. The number of aromatic nitrogens is 1. The van der Waals surface area contributed by atoms with Crippen molar-refractivity contribution in [3.63, 3.8) is 0 Å². The summed E-state index contributed by atoms with van der Waals surface area (Å²) < 4.78 is 8.28. The molecule has 0 radical (unpaired) electrons. The number of hydroxylamine groups is 2. The molecule has 3 aromatic carbocycles. The van der Waals surface area contributed by atoms with Crippen molar-refractivity contribution in [2.45, 2.75) is 83.8 Å². The Labute approximate surface area is 355 Å². The lowest BCUT2D eigenvalue weighted by molar-refractivity contribution is -0.183. The van der Waals surface area contributed by atoms with Crippen molar-refractivity contribution in [3.8, 4) is 16.9 Å². The summed E-state index contributed by atoms with van der Waals surface area (Å²) >= 11 is 0. The molecule has 1 saturated heterocycles. The lowest BCUT2D eigenvalue weighted by atomic mass is 9.45. The predicted octanol–water partition coefficient (Wildman–Crippen LogP) is 5.48. The minimum absolute atomic E-state index is 0.0311. The third-order valence-electron chi connectivity index (χ3n) is 14.1. The molecule has 4 fully saturated rings. The Morgan fingerprint density at radius 3 is 2.43 bits per heavy atom. The summed E-state index contributed by atoms with van der Waals surface area (Å²) in [7, 11) is 11.6. The number of benzene rings is 3. The summed E-state index contributed by atoms with van der Waals surface area (Å²) in [6.45, 7) is 9.05. The number of aliphatic hydroxyl groups is 2. The second-order valence-corrected chi connectivity index (χ2v) is 18.8. The highest BCUT2D eigenvalue weighted by molar-refractivity contribution is 5.97. The Bertz CT molecular complexity index is 2180. The topological polar surface area (TPSA) is 132 Å². The number of hydrogen-bond acceptors (Lipinski definition) is 9. The van der Waals surface area contributed by atoms with Crippen molar-refractivity contribution >= 4 is 28.4 Å². The zero-order valence-corrected chi connectivity index (χ0v) is 37.1. The van der Waals surface area contributed by atoms with E-state index >= 15 is 0 Å². The summed E-state index contributed by atoms with van der Waals surface area (Å²) in [6.07, 6.45) is 3.28. The molecule has 0 spiro atoms. The molecule has 1 aromatic heterocycles. The van der Waals surface area contributed by atoms with E-state index in [1.165, 1.54) is 17.4 Å². The van der Waals surface area contributed by atoms with Gasteiger partial charge in [-0.15, -0.1) is 0 Å². The van der Waals surface area contributed by atoms with Gasteiger partial charge < -0.3 is 40.0 Å². The van der Waals surface area contributed by atoms with Crippen LogP contribution in [0.5, 0.6) is 5.75 Å². The monoisotopic (exact) mass is 823 g/mol. The van der Waals surface area contributed by atoms with Crippen LogP contribution in [0.1, 0.15) is 62.0 Å². The van der Waals surface area contributed by atoms with Crippen molar-refractivity contribution in [2.24, 2.45) is 36.1 Å². The van der Waals surface area contributed by atoms with Crippen LogP contribution in [0.15, 0.2) is 66.9 Å². The molecule has 12 nitrogen and oxygen atoms in total. The molecule has 4 aromatic rings. The van der Waals surface area contributed by atoms with Gasteiger partial charge in [0.2, 0.25) is 5.91 Å². The van der Waals surface area contributed by atoms with Crippen LogP contribution in [-0.4, -0.2) is 115 Å². The van der Waals surface area contributed by atoms with E-state index < -0.39 is 24.2 Å². The zero-order chi connectivity index (χ0) is 43.2. The number of amides is 2. The van der Waals surface area contributed by atoms with E-state index in [-0.39, 0.29) is 42.5 Å². The highest BCUT2D eigenvalue weighted by atomic mass is 16.7. The third kappa shape index (κ3) is 8.41. The number of nitrogens with one attached hydrogen (secondary N) is 2. The highest BCUT2D eigenvalue weighted by Crippen LogP contribution is 2.61. The third-order valence-corrected chi connectivity index (χ3v) is 14.1. The van der Waals surface area contributed by atoms with Crippen LogP contribution in [0.2, 0.25) is 0 Å². The smallest absolute Gasteiger partial charge is 0.251 e.